The molecule has 0 heterocycles. The zero-order valence-corrected chi connectivity index (χ0v) is 14.7. The molecule has 2 aromatic carbocycles. The molecule has 1 amide bonds. The van der Waals surface area contributed by atoms with Crippen molar-refractivity contribution in [2.24, 2.45) is 0 Å². The molecule has 2 rings (SSSR count). The van der Waals surface area contributed by atoms with Crippen LogP contribution in [0, 0.1) is 13.8 Å². The smallest absolute Gasteiger partial charge is 0.255 e. The number of carbonyl (C=O) groups is 1. The summed E-state index contributed by atoms with van der Waals surface area (Å²) in [6.07, 6.45) is 0.946. The number of ether oxygens (including phenoxy) is 1. The lowest BCUT2D eigenvalue weighted by molar-refractivity contribution is 0.102. The van der Waals surface area contributed by atoms with Gasteiger partial charge in [0.25, 0.3) is 5.91 Å². The summed E-state index contributed by atoms with van der Waals surface area (Å²) in [4.78, 5) is 12.4. The second-order valence-corrected chi connectivity index (χ2v) is 6.07. The van der Waals surface area contributed by atoms with E-state index in [9.17, 15) is 4.79 Å². The van der Waals surface area contributed by atoms with E-state index in [0.29, 0.717) is 12.2 Å². The number of aryl methyl sites for hydroxylation is 2. The number of hydrogen-bond donors (Lipinski definition) is 1. The molecule has 2 aromatic rings. The summed E-state index contributed by atoms with van der Waals surface area (Å²) < 4.78 is 6.39. The molecule has 1 N–H and O–H groups in total. The largest absolute Gasteiger partial charge is 0.492 e. The minimum atomic E-state index is -0.125. The van der Waals surface area contributed by atoms with Crippen LogP contribution in [0.15, 0.2) is 40.9 Å². The van der Waals surface area contributed by atoms with Gasteiger partial charge in [0.05, 0.1) is 11.1 Å². The van der Waals surface area contributed by atoms with Crippen LogP contribution in [-0.2, 0) is 0 Å². The van der Waals surface area contributed by atoms with Crippen molar-refractivity contribution in [1.82, 2.24) is 0 Å². The van der Waals surface area contributed by atoms with Crippen molar-refractivity contribution in [3.05, 3.63) is 57.6 Å². The highest BCUT2D eigenvalue weighted by atomic mass is 79.9. The van der Waals surface area contributed by atoms with Crippen LogP contribution < -0.4 is 10.1 Å². The molecule has 0 saturated heterocycles. The quantitative estimate of drug-likeness (QED) is 0.803. The van der Waals surface area contributed by atoms with Gasteiger partial charge in [0.15, 0.2) is 0 Å². The molecule has 0 aliphatic heterocycles. The molecule has 116 valence electrons. The Morgan fingerprint density at radius 3 is 2.45 bits per heavy atom. The lowest BCUT2D eigenvalue weighted by Gasteiger charge is -2.12. The number of carbonyl (C=O) groups excluding carboxylic acids is 1. The van der Waals surface area contributed by atoms with Gasteiger partial charge < -0.3 is 10.1 Å². The van der Waals surface area contributed by atoms with E-state index in [0.717, 1.165) is 33.5 Å². The normalized spacial score (nSPS) is 10.4. The van der Waals surface area contributed by atoms with Gasteiger partial charge in [-0.05, 0) is 65.5 Å². The molecule has 22 heavy (non-hydrogen) atoms. The second-order valence-electron chi connectivity index (χ2n) is 5.21. The summed E-state index contributed by atoms with van der Waals surface area (Å²) in [6, 6.07) is 11.3. The number of rotatable bonds is 5. The fourth-order valence-electron chi connectivity index (χ4n) is 2.17. The Kier molecular flexibility index (Phi) is 5.61. The van der Waals surface area contributed by atoms with Crippen LogP contribution in [0.4, 0.5) is 5.69 Å². The van der Waals surface area contributed by atoms with Crippen LogP contribution >= 0.6 is 15.9 Å². The Bertz CT molecular complexity index is 663. The molecular weight excluding hydrogens is 342 g/mol. The summed E-state index contributed by atoms with van der Waals surface area (Å²) in [5.74, 6) is 0.630. The van der Waals surface area contributed by atoms with E-state index in [1.54, 1.807) is 12.1 Å². The summed E-state index contributed by atoms with van der Waals surface area (Å²) >= 11 is 3.45. The summed E-state index contributed by atoms with van der Waals surface area (Å²) in [6.45, 7) is 6.69. The molecule has 0 unspecified atom stereocenters. The first-order valence-electron chi connectivity index (χ1n) is 7.33. The van der Waals surface area contributed by atoms with E-state index in [1.807, 2.05) is 38.1 Å². The number of halogens is 1. The van der Waals surface area contributed by atoms with E-state index in [1.165, 1.54) is 0 Å². The van der Waals surface area contributed by atoms with Crippen LogP contribution in [0.25, 0.3) is 0 Å². The predicted octanol–water partition coefficient (Wildman–Crippen LogP) is 5.11. The maximum absolute atomic E-state index is 12.4. The van der Waals surface area contributed by atoms with Crippen molar-refractivity contribution in [3.8, 4) is 5.75 Å². The molecule has 0 radical (unpaired) electrons. The Balaban J connectivity index is 2.18. The molecular formula is C18H20BrNO2. The van der Waals surface area contributed by atoms with Crippen molar-refractivity contribution >= 4 is 27.5 Å². The fourth-order valence-corrected chi connectivity index (χ4v) is 2.66. The van der Waals surface area contributed by atoms with Gasteiger partial charge >= 0.3 is 0 Å². The van der Waals surface area contributed by atoms with Gasteiger partial charge in [-0.25, -0.2) is 0 Å². The lowest BCUT2D eigenvalue weighted by atomic mass is 10.1. The molecule has 0 atom stereocenters. The molecule has 0 aromatic heterocycles. The first-order valence-corrected chi connectivity index (χ1v) is 8.12. The molecule has 0 bridgehead atoms. The number of amides is 1. The van der Waals surface area contributed by atoms with Crippen molar-refractivity contribution < 1.29 is 9.53 Å². The zero-order valence-electron chi connectivity index (χ0n) is 13.1. The SMILES string of the molecule is CCCOc1ccc(C(=O)Nc2c(C)cccc2C)cc1Br. The number of hydrogen-bond acceptors (Lipinski definition) is 2. The first-order chi connectivity index (χ1) is 10.5. The van der Waals surface area contributed by atoms with Gasteiger partial charge in [-0.15, -0.1) is 0 Å². The molecule has 4 heteroatoms. The van der Waals surface area contributed by atoms with E-state index in [2.05, 4.69) is 28.2 Å². The molecule has 3 nitrogen and oxygen atoms in total. The minimum Gasteiger partial charge on any atom is -0.492 e. The average Bonchev–Trinajstić information content (AvgIpc) is 2.49. The molecule has 0 aliphatic carbocycles. The number of benzene rings is 2. The van der Waals surface area contributed by atoms with Crippen LogP contribution in [0.3, 0.4) is 0 Å². The number of anilines is 1. The topological polar surface area (TPSA) is 38.3 Å². The van der Waals surface area contributed by atoms with Gasteiger partial charge in [0.2, 0.25) is 0 Å². The van der Waals surface area contributed by atoms with Gasteiger partial charge in [-0.2, -0.15) is 0 Å². The van der Waals surface area contributed by atoms with E-state index >= 15 is 0 Å². The number of nitrogens with one attached hydrogen (secondary N) is 1. The molecule has 0 saturated carbocycles. The highest BCUT2D eigenvalue weighted by Crippen LogP contribution is 2.27. The van der Waals surface area contributed by atoms with Gasteiger partial charge in [-0.3, -0.25) is 4.79 Å². The zero-order chi connectivity index (χ0) is 16.1. The van der Waals surface area contributed by atoms with Gasteiger partial charge in [-0.1, -0.05) is 25.1 Å². The van der Waals surface area contributed by atoms with E-state index < -0.39 is 0 Å². The van der Waals surface area contributed by atoms with Crippen molar-refractivity contribution in [2.75, 3.05) is 11.9 Å². The van der Waals surface area contributed by atoms with Crippen molar-refractivity contribution in [2.45, 2.75) is 27.2 Å². The van der Waals surface area contributed by atoms with Crippen molar-refractivity contribution in [1.29, 1.82) is 0 Å². The summed E-state index contributed by atoms with van der Waals surface area (Å²) in [7, 11) is 0. The van der Waals surface area contributed by atoms with Crippen LogP contribution in [-0.4, -0.2) is 12.5 Å². The predicted molar refractivity (Wildman–Crippen MR) is 93.8 cm³/mol. The Morgan fingerprint density at radius 1 is 1.18 bits per heavy atom. The fraction of sp³-hybridized carbons (Fsp3) is 0.278. The first kappa shape index (κ1) is 16.6. The summed E-state index contributed by atoms with van der Waals surface area (Å²) in [5.41, 5.74) is 3.57. The molecule has 0 spiro atoms. The van der Waals surface area contributed by atoms with Gasteiger partial charge in [0, 0.05) is 11.3 Å². The standard InChI is InChI=1S/C18H20BrNO2/c1-4-10-22-16-9-8-14(11-15(16)19)18(21)20-17-12(2)6-5-7-13(17)3/h5-9,11H,4,10H2,1-3H3,(H,20,21). The third-order valence-corrected chi connectivity index (χ3v) is 4.00. The van der Waals surface area contributed by atoms with E-state index in [-0.39, 0.29) is 5.91 Å². The Hall–Kier alpha value is -1.81. The van der Waals surface area contributed by atoms with Crippen LogP contribution in [0.1, 0.15) is 34.8 Å². The number of para-hydroxylation sites is 1. The van der Waals surface area contributed by atoms with Crippen LogP contribution in [0.2, 0.25) is 0 Å². The highest BCUT2D eigenvalue weighted by Gasteiger charge is 2.11. The Morgan fingerprint density at radius 2 is 1.86 bits per heavy atom. The molecule has 0 aliphatic rings. The second kappa shape index (κ2) is 7.45. The minimum absolute atomic E-state index is 0.125. The van der Waals surface area contributed by atoms with E-state index in [4.69, 9.17) is 4.74 Å². The third-order valence-electron chi connectivity index (χ3n) is 3.38. The van der Waals surface area contributed by atoms with Crippen LogP contribution in [0.5, 0.6) is 5.75 Å². The molecule has 0 fully saturated rings. The lowest BCUT2D eigenvalue weighted by Crippen LogP contribution is -2.14. The Labute approximate surface area is 139 Å². The maximum Gasteiger partial charge on any atom is 0.255 e. The van der Waals surface area contributed by atoms with Crippen molar-refractivity contribution in [3.63, 3.8) is 0 Å². The maximum atomic E-state index is 12.4. The average molecular weight is 362 g/mol. The highest BCUT2D eigenvalue weighted by molar-refractivity contribution is 9.10. The summed E-state index contributed by atoms with van der Waals surface area (Å²) in [5, 5.41) is 2.98. The monoisotopic (exact) mass is 361 g/mol. The van der Waals surface area contributed by atoms with Gasteiger partial charge in [0.1, 0.15) is 5.75 Å². The third kappa shape index (κ3) is 3.89.